The van der Waals surface area contributed by atoms with Crippen molar-refractivity contribution in [1.29, 1.82) is 0 Å². The SMILES string of the molecule is O=C1NC(=S)N(c2cccc(Cl)c2Cl)C(=O)/C1=C/c1cc(Cl)c(OCc2ccc(Cl)c(Cl)c2)c(Cl)c1. The summed E-state index contributed by atoms with van der Waals surface area (Å²) in [4.78, 5) is 27.0. The third-order valence-electron chi connectivity index (χ3n) is 4.97. The Morgan fingerprint density at radius 2 is 1.56 bits per heavy atom. The van der Waals surface area contributed by atoms with Gasteiger partial charge in [0.25, 0.3) is 11.8 Å². The molecule has 0 atom stereocenters. The fraction of sp³-hybridized carbons (Fsp3) is 0.0417. The molecule has 2 amide bonds. The quantitative estimate of drug-likeness (QED) is 0.178. The fourth-order valence-corrected chi connectivity index (χ4v) is 4.88. The number of nitrogens with zero attached hydrogens (tertiary/aromatic N) is 1. The zero-order valence-electron chi connectivity index (χ0n) is 17.8. The van der Waals surface area contributed by atoms with Crippen LogP contribution in [0.5, 0.6) is 5.75 Å². The number of rotatable bonds is 5. The number of anilines is 1. The van der Waals surface area contributed by atoms with E-state index in [-0.39, 0.29) is 48.8 Å². The van der Waals surface area contributed by atoms with Gasteiger partial charge in [0.05, 0.1) is 35.8 Å². The van der Waals surface area contributed by atoms with Gasteiger partial charge in [0.15, 0.2) is 10.9 Å². The van der Waals surface area contributed by atoms with Gasteiger partial charge in [-0.15, -0.1) is 0 Å². The van der Waals surface area contributed by atoms with Gasteiger partial charge in [0.2, 0.25) is 0 Å². The summed E-state index contributed by atoms with van der Waals surface area (Å²) >= 11 is 42.3. The minimum Gasteiger partial charge on any atom is -0.486 e. The highest BCUT2D eigenvalue weighted by Gasteiger charge is 2.35. The molecule has 4 rings (SSSR count). The summed E-state index contributed by atoms with van der Waals surface area (Å²) in [5.41, 5.74) is 1.15. The van der Waals surface area contributed by atoms with Crippen LogP contribution in [0.25, 0.3) is 6.08 Å². The molecule has 1 aliphatic rings. The first kappa shape index (κ1) is 27.0. The van der Waals surface area contributed by atoms with Crippen LogP contribution >= 0.6 is 81.8 Å². The highest BCUT2D eigenvalue weighted by molar-refractivity contribution is 7.80. The van der Waals surface area contributed by atoms with E-state index in [1.807, 2.05) is 0 Å². The summed E-state index contributed by atoms with van der Waals surface area (Å²) in [6.07, 6.45) is 1.34. The highest BCUT2D eigenvalue weighted by Crippen LogP contribution is 2.37. The number of thiocarbonyl (C=S) groups is 1. The number of nitrogens with one attached hydrogen (secondary N) is 1. The summed E-state index contributed by atoms with van der Waals surface area (Å²) in [5, 5.41) is 3.84. The average Bonchev–Trinajstić information content (AvgIpc) is 2.81. The Hall–Kier alpha value is -2.03. The molecule has 0 bridgehead atoms. The van der Waals surface area contributed by atoms with Crippen molar-refractivity contribution in [3.05, 3.63) is 95.4 Å². The second-order valence-electron chi connectivity index (χ2n) is 7.38. The van der Waals surface area contributed by atoms with Gasteiger partial charge in [-0.05, 0) is 65.8 Å². The van der Waals surface area contributed by atoms with E-state index in [1.54, 1.807) is 36.4 Å². The van der Waals surface area contributed by atoms with E-state index >= 15 is 0 Å². The lowest BCUT2D eigenvalue weighted by Crippen LogP contribution is -2.54. The van der Waals surface area contributed by atoms with Crippen LogP contribution in [0.2, 0.25) is 30.1 Å². The third kappa shape index (κ3) is 5.60. The molecule has 1 aliphatic heterocycles. The second-order valence-corrected chi connectivity index (χ2v) is 10.2. The number of hydrogen-bond acceptors (Lipinski definition) is 4. The Bertz CT molecular complexity index is 1440. The van der Waals surface area contributed by atoms with Crippen LogP contribution in [0.15, 0.2) is 54.1 Å². The predicted octanol–water partition coefficient (Wildman–Crippen LogP) is 8.02. The summed E-state index contributed by atoms with van der Waals surface area (Å²) in [6, 6.07) is 12.8. The highest BCUT2D eigenvalue weighted by atomic mass is 35.5. The zero-order chi connectivity index (χ0) is 26.1. The van der Waals surface area contributed by atoms with Crippen molar-refractivity contribution >= 4 is 111 Å². The van der Waals surface area contributed by atoms with Gasteiger partial charge in [0, 0.05) is 0 Å². The molecule has 0 spiro atoms. The molecule has 184 valence electrons. The maximum Gasteiger partial charge on any atom is 0.270 e. The van der Waals surface area contributed by atoms with Crippen LogP contribution in [0.4, 0.5) is 5.69 Å². The molecule has 0 unspecified atom stereocenters. The van der Waals surface area contributed by atoms with Gasteiger partial charge in [-0.1, -0.05) is 81.7 Å². The van der Waals surface area contributed by atoms with Gasteiger partial charge in [-0.3, -0.25) is 19.8 Å². The second kappa shape index (κ2) is 11.2. The fourth-order valence-electron chi connectivity index (χ4n) is 3.29. The van der Waals surface area contributed by atoms with E-state index in [9.17, 15) is 9.59 Å². The number of amides is 2. The number of ether oxygens (including phenoxy) is 1. The molecule has 0 aliphatic carbocycles. The van der Waals surface area contributed by atoms with Crippen LogP contribution in [0.1, 0.15) is 11.1 Å². The van der Waals surface area contributed by atoms with Crippen molar-refractivity contribution in [2.45, 2.75) is 6.61 Å². The van der Waals surface area contributed by atoms with E-state index in [0.29, 0.717) is 15.6 Å². The molecule has 1 N–H and O–H groups in total. The number of halogens is 6. The third-order valence-corrected chi connectivity index (χ3v) is 7.37. The Morgan fingerprint density at radius 3 is 2.22 bits per heavy atom. The minimum absolute atomic E-state index is 0.111. The Balaban J connectivity index is 1.62. The smallest absolute Gasteiger partial charge is 0.270 e. The van der Waals surface area contributed by atoms with Crippen LogP contribution < -0.4 is 15.0 Å². The van der Waals surface area contributed by atoms with E-state index in [4.69, 9.17) is 86.6 Å². The van der Waals surface area contributed by atoms with Crippen LogP contribution in [0.3, 0.4) is 0 Å². The number of benzene rings is 3. The molecule has 1 fully saturated rings. The van der Waals surface area contributed by atoms with Crippen molar-refractivity contribution in [2.24, 2.45) is 0 Å². The molecule has 3 aromatic rings. The van der Waals surface area contributed by atoms with Crippen LogP contribution in [-0.2, 0) is 16.2 Å². The van der Waals surface area contributed by atoms with E-state index in [1.165, 1.54) is 18.2 Å². The lowest BCUT2D eigenvalue weighted by molar-refractivity contribution is -0.122. The topological polar surface area (TPSA) is 58.6 Å². The zero-order valence-corrected chi connectivity index (χ0v) is 23.1. The van der Waals surface area contributed by atoms with Crippen LogP contribution in [0, 0.1) is 0 Å². The summed E-state index contributed by atoms with van der Waals surface area (Å²) in [7, 11) is 0. The first-order chi connectivity index (χ1) is 17.1. The molecule has 3 aromatic carbocycles. The molecule has 0 radical (unpaired) electrons. The van der Waals surface area contributed by atoms with Crippen molar-refractivity contribution in [2.75, 3.05) is 4.90 Å². The predicted molar refractivity (Wildman–Crippen MR) is 150 cm³/mol. The Morgan fingerprint density at radius 1 is 0.861 bits per heavy atom. The van der Waals surface area contributed by atoms with Crippen molar-refractivity contribution in [3.63, 3.8) is 0 Å². The number of hydrogen-bond donors (Lipinski definition) is 1. The molecule has 1 saturated heterocycles. The molecule has 36 heavy (non-hydrogen) atoms. The first-order valence-corrected chi connectivity index (χ1v) is 12.7. The summed E-state index contributed by atoms with van der Waals surface area (Å²) in [5.74, 6) is -1.16. The van der Waals surface area contributed by atoms with Crippen molar-refractivity contribution < 1.29 is 14.3 Å². The monoisotopic (exact) mass is 618 g/mol. The van der Waals surface area contributed by atoms with E-state index < -0.39 is 11.8 Å². The number of carbonyl (C=O) groups is 2. The van der Waals surface area contributed by atoms with Gasteiger partial charge < -0.3 is 4.74 Å². The first-order valence-electron chi connectivity index (χ1n) is 9.98. The van der Waals surface area contributed by atoms with Crippen LogP contribution in [-0.4, -0.2) is 16.9 Å². The van der Waals surface area contributed by atoms with Crippen molar-refractivity contribution in [1.82, 2.24) is 5.32 Å². The maximum absolute atomic E-state index is 13.3. The Kier molecular flexibility index (Phi) is 8.37. The lowest BCUT2D eigenvalue weighted by Gasteiger charge is -2.29. The maximum atomic E-state index is 13.3. The molecule has 0 saturated carbocycles. The molecular formula is C24H12Cl6N2O3S. The van der Waals surface area contributed by atoms with Crippen molar-refractivity contribution in [3.8, 4) is 5.75 Å². The summed E-state index contributed by atoms with van der Waals surface area (Å²) in [6.45, 7) is 0.129. The number of carbonyl (C=O) groups excluding carboxylic acids is 2. The molecule has 12 heteroatoms. The molecule has 0 aromatic heterocycles. The average molecular weight is 621 g/mol. The largest absolute Gasteiger partial charge is 0.486 e. The summed E-state index contributed by atoms with van der Waals surface area (Å²) < 4.78 is 5.76. The normalized spacial score (nSPS) is 14.9. The van der Waals surface area contributed by atoms with E-state index in [2.05, 4.69) is 5.32 Å². The van der Waals surface area contributed by atoms with Gasteiger partial charge in [-0.2, -0.15) is 0 Å². The standard InChI is InChI=1S/C24H12Cl6N2O3S/c25-14-5-4-11(7-16(14)27)10-35-21-17(28)8-12(9-18(21)29)6-13-22(33)31-24(36)32(23(13)34)19-3-1-2-15(26)20(19)30/h1-9H,10H2,(H,31,33,36)/b13-6+. The van der Waals surface area contributed by atoms with Gasteiger partial charge >= 0.3 is 0 Å². The van der Waals surface area contributed by atoms with Gasteiger partial charge in [-0.25, -0.2) is 0 Å². The molecular weight excluding hydrogens is 609 g/mol. The van der Waals surface area contributed by atoms with E-state index in [0.717, 1.165) is 10.5 Å². The van der Waals surface area contributed by atoms with Gasteiger partial charge in [0.1, 0.15) is 12.2 Å². The minimum atomic E-state index is -0.694. The molecule has 5 nitrogen and oxygen atoms in total. The molecule has 1 heterocycles. The lowest BCUT2D eigenvalue weighted by atomic mass is 10.1. The Labute approximate surface area is 241 Å².